The molecule has 548 valence electrons. The lowest BCUT2D eigenvalue weighted by Crippen LogP contribution is -2.14. The van der Waals surface area contributed by atoms with Gasteiger partial charge in [-0.15, -0.1) is 0 Å². The van der Waals surface area contributed by atoms with Gasteiger partial charge in [0.15, 0.2) is 29.1 Å². The summed E-state index contributed by atoms with van der Waals surface area (Å²) in [5.74, 6) is 4.94. The van der Waals surface area contributed by atoms with Crippen molar-refractivity contribution in [1.82, 2.24) is 59.4 Å². The van der Waals surface area contributed by atoms with Crippen molar-refractivity contribution in [3.8, 4) is 22.6 Å². The largest absolute Gasteiger partial charge is 0.449 e. The van der Waals surface area contributed by atoms with Crippen molar-refractivity contribution < 1.29 is 17.6 Å². The van der Waals surface area contributed by atoms with Crippen LogP contribution in [0.4, 0.5) is 4.39 Å². The van der Waals surface area contributed by atoms with Gasteiger partial charge in [0.05, 0.1) is 17.1 Å². The van der Waals surface area contributed by atoms with Crippen molar-refractivity contribution in [3.63, 3.8) is 0 Å². The first-order valence-electron chi connectivity index (χ1n) is 35.8. The van der Waals surface area contributed by atoms with E-state index in [0.29, 0.717) is 11.1 Å². The standard InChI is InChI=1S/C15H19NO.C14H19N3.C14H17NO.C13H16FN3.C12H15NO.C10H15N.C9H14N2/c1-15(2,3)10-14-16-13(11-17-14)9-12-7-5-4-6-8-12;1-11-6-5-7-12(8-11)17-13(15-10-16-17)9-14(2,3)4;1-14(2,3)9-13-15-12(10-16-13)11-7-5-4-6-8-11;1-13(2,3)8-12-15-9-17(16-12)11-6-4-5-10(14)7-11;1-12(2,3)8-11-13-9-6-4-5-7-10(9)14-11;1-10(2,3)8-9-6-4-5-7-11-9;1-9(2,3)7-8-10-5-4-6-11-8/h4-8,11H,9-10H2,1-3H3;5-8,10H,9H2,1-4H3;4-8,10H,9H2,1-3H3;4-7,9H,8H2,1-3H3;4-7H,8H2,1-3H3;4-7H,8H2,1-3H3;4-6H,7H2,1-3H3. The summed E-state index contributed by atoms with van der Waals surface area (Å²) in [4.78, 5) is 34.6. The lowest BCUT2D eigenvalue weighted by Gasteiger charge is -2.17. The van der Waals surface area contributed by atoms with Gasteiger partial charge in [-0.3, -0.25) is 4.98 Å². The van der Waals surface area contributed by atoms with Gasteiger partial charge < -0.3 is 13.3 Å². The normalized spacial score (nSPS) is 11.8. The minimum Gasteiger partial charge on any atom is -0.449 e. The minimum absolute atomic E-state index is 0.147. The highest BCUT2D eigenvalue weighted by Gasteiger charge is 2.21. The molecule has 0 bridgehead atoms. The predicted octanol–water partition coefficient (Wildman–Crippen LogP) is 22.1. The third-order valence-electron chi connectivity index (χ3n) is 14.4. The molecule has 0 saturated heterocycles. The molecular formula is C87H115FN12O3. The first-order chi connectivity index (χ1) is 48.2. The molecule has 0 aliphatic carbocycles. The molecule has 7 aromatic heterocycles. The molecule has 0 saturated carbocycles. The Balaban J connectivity index is 0.000000190. The zero-order chi connectivity index (χ0) is 75.7. The monoisotopic (exact) mass is 1390 g/mol. The summed E-state index contributed by atoms with van der Waals surface area (Å²) >= 11 is 0. The van der Waals surface area contributed by atoms with Crippen molar-refractivity contribution in [1.29, 1.82) is 0 Å². The Morgan fingerprint density at radius 2 is 0.942 bits per heavy atom. The smallest absolute Gasteiger partial charge is 0.195 e. The number of pyridine rings is 1. The third-order valence-corrected chi connectivity index (χ3v) is 14.4. The molecule has 5 aromatic carbocycles. The Hall–Kier alpha value is -9.57. The summed E-state index contributed by atoms with van der Waals surface area (Å²) in [6.07, 6.45) is 19.3. The fraction of sp³-hybridized carbons (Fsp3) is 0.425. The quantitative estimate of drug-likeness (QED) is 0.113. The number of aryl methyl sites for hydroxylation is 1. The average molecular weight is 1400 g/mol. The van der Waals surface area contributed by atoms with Crippen LogP contribution in [0, 0.1) is 50.6 Å². The number of oxazole rings is 3. The van der Waals surface area contributed by atoms with Crippen LogP contribution in [0.1, 0.15) is 203 Å². The van der Waals surface area contributed by atoms with E-state index < -0.39 is 0 Å². The number of nitrogens with zero attached hydrogens (tertiary/aromatic N) is 12. The number of rotatable bonds is 12. The van der Waals surface area contributed by atoms with E-state index in [1.165, 1.54) is 29.0 Å². The van der Waals surface area contributed by atoms with Crippen LogP contribution in [0.25, 0.3) is 33.7 Å². The summed E-state index contributed by atoms with van der Waals surface area (Å²) in [7, 11) is 0. The molecule has 103 heavy (non-hydrogen) atoms. The van der Waals surface area contributed by atoms with E-state index in [2.05, 4.69) is 239 Å². The predicted molar refractivity (Wildman–Crippen MR) is 417 cm³/mol. The molecule has 15 nitrogen and oxygen atoms in total. The molecule has 0 spiro atoms. The highest BCUT2D eigenvalue weighted by atomic mass is 19.1. The van der Waals surface area contributed by atoms with Gasteiger partial charge in [0.1, 0.15) is 53.9 Å². The summed E-state index contributed by atoms with van der Waals surface area (Å²) in [5, 5.41) is 8.66. The molecule has 0 aliphatic rings. The van der Waals surface area contributed by atoms with Gasteiger partial charge in [0.2, 0.25) is 0 Å². The summed E-state index contributed by atoms with van der Waals surface area (Å²) < 4.78 is 33.2. The maximum Gasteiger partial charge on any atom is 0.195 e. The second-order valence-electron chi connectivity index (χ2n) is 34.6. The van der Waals surface area contributed by atoms with Crippen LogP contribution in [0.5, 0.6) is 0 Å². The number of halogens is 1. The molecule has 12 aromatic rings. The van der Waals surface area contributed by atoms with E-state index in [1.54, 1.807) is 54.4 Å². The van der Waals surface area contributed by atoms with E-state index in [4.69, 9.17) is 13.3 Å². The van der Waals surface area contributed by atoms with Crippen LogP contribution in [-0.2, 0) is 51.4 Å². The number of para-hydroxylation sites is 2. The first kappa shape index (κ1) is 82.4. The number of benzene rings is 5. The topological polar surface area (TPSA) is 178 Å². The number of fused-ring (bicyclic) bond motifs is 1. The highest BCUT2D eigenvalue weighted by Crippen LogP contribution is 2.28. The van der Waals surface area contributed by atoms with Crippen LogP contribution in [-0.4, -0.2) is 59.4 Å². The maximum absolute atomic E-state index is 13.1. The Labute approximate surface area is 614 Å². The number of hydrogen-bond acceptors (Lipinski definition) is 13. The summed E-state index contributed by atoms with van der Waals surface area (Å²) in [5.41, 5.74) is 12.0. The van der Waals surface area contributed by atoms with Crippen molar-refractivity contribution in [2.75, 3.05) is 0 Å². The molecular weight excluding hydrogens is 1280 g/mol. The van der Waals surface area contributed by atoms with Crippen LogP contribution < -0.4 is 0 Å². The van der Waals surface area contributed by atoms with Crippen LogP contribution in [0.2, 0.25) is 0 Å². The fourth-order valence-corrected chi connectivity index (χ4v) is 10.2. The maximum atomic E-state index is 13.1. The first-order valence-corrected chi connectivity index (χ1v) is 35.8. The van der Waals surface area contributed by atoms with Gasteiger partial charge in [-0.05, 0) is 123 Å². The SMILES string of the molecule is CC(C)(C)Cc1ccccn1.CC(C)(C)Cc1nc(-c2ccccc2)co1.CC(C)(C)Cc1nc(Cc2ccccc2)co1.CC(C)(C)Cc1nc2ccccc2o1.CC(C)(C)Cc1ncccn1.CC(C)(C)Cc1ncn(-c2cccc(F)c2)n1.Cc1cccc(-n2ncnc2CC(C)(C)C)c1. The Morgan fingerprint density at radius 3 is 1.52 bits per heavy atom. The van der Waals surface area contributed by atoms with E-state index in [-0.39, 0.29) is 38.3 Å². The highest BCUT2D eigenvalue weighted by molar-refractivity contribution is 5.72. The van der Waals surface area contributed by atoms with Crippen molar-refractivity contribution >= 4 is 11.1 Å². The summed E-state index contributed by atoms with van der Waals surface area (Å²) in [6, 6.07) is 50.9. The van der Waals surface area contributed by atoms with Crippen LogP contribution in [0.15, 0.2) is 215 Å². The number of hydrogen-bond donors (Lipinski definition) is 0. The zero-order valence-electron chi connectivity index (χ0n) is 65.7. The van der Waals surface area contributed by atoms with Crippen LogP contribution >= 0.6 is 0 Å². The molecule has 7 heterocycles. The molecule has 0 atom stereocenters. The molecule has 0 fully saturated rings. The van der Waals surface area contributed by atoms with Crippen molar-refractivity contribution in [2.45, 2.75) is 204 Å². The van der Waals surface area contributed by atoms with Gasteiger partial charge in [0.25, 0.3) is 0 Å². The van der Waals surface area contributed by atoms with Crippen molar-refractivity contribution in [3.05, 3.63) is 265 Å². The van der Waals surface area contributed by atoms with E-state index in [1.807, 2.05) is 108 Å². The Kier molecular flexibility index (Phi) is 30.0. The Bertz CT molecular complexity index is 4270. The second-order valence-corrected chi connectivity index (χ2v) is 34.6. The molecule has 0 radical (unpaired) electrons. The minimum atomic E-state index is -0.268. The Morgan fingerprint density at radius 1 is 0.408 bits per heavy atom. The lowest BCUT2D eigenvalue weighted by atomic mass is 9.90. The van der Waals surface area contributed by atoms with Gasteiger partial charge >= 0.3 is 0 Å². The van der Waals surface area contributed by atoms with Gasteiger partial charge in [0, 0.05) is 74.8 Å². The molecule has 0 N–H and O–H groups in total. The van der Waals surface area contributed by atoms with E-state index in [0.717, 1.165) is 120 Å². The van der Waals surface area contributed by atoms with Crippen LogP contribution in [0.3, 0.4) is 0 Å². The molecule has 0 amide bonds. The van der Waals surface area contributed by atoms with Crippen molar-refractivity contribution in [2.24, 2.45) is 37.9 Å². The molecule has 0 unspecified atom stereocenters. The summed E-state index contributed by atoms with van der Waals surface area (Å²) in [6.45, 7) is 48.0. The average Bonchev–Trinajstić information content (AvgIpc) is 1.85. The van der Waals surface area contributed by atoms with Gasteiger partial charge in [-0.1, -0.05) is 242 Å². The van der Waals surface area contributed by atoms with E-state index in [9.17, 15) is 4.39 Å². The number of aromatic nitrogens is 12. The van der Waals surface area contributed by atoms with Gasteiger partial charge in [-0.2, -0.15) is 10.2 Å². The van der Waals surface area contributed by atoms with E-state index >= 15 is 0 Å². The van der Waals surface area contributed by atoms with Gasteiger partial charge in [-0.25, -0.2) is 48.6 Å². The fourth-order valence-electron chi connectivity index (χ4n) is 10.2. The second kappa shape index (κ2) is 37.6. The molecule has 12 rings (SSSR count). The lowest BCUT2D eigenvalue weighted by molar-refractivity contribution is 0.353. The molecule has 16 heteroatoms. The molecule has 0 aliphatic heterocycles. The zero-order valence-corrected chi connectivity index (χ0v) is 65.7. The third kappa shape index (κ3) is 33.9.